The molecule has 0 heterocycles. The van der Waals surface area contributed by atoms with Crippen LogP contribution in [-0.4, -0.2) is 73.4 Å². The van der Waals surface area contributed by atoms with Gasteiger partial charge in [0.15, 0.2) is 6.10 Å². The first kappa shape index (κ1) is 16.1. The third-order valence-electron chi connectivity index (χ3n) is 2.31. The Morgan fingerprint density at radius 3 is 1.50 bits per heavy atom. The Labute approximate surface area is 114 Å². The minimum atomic E-state index is -1.80. The van der Waals surface area contributed by atoms with Crippen LogP contribution in [0.15, 0.2) is 0 Å². The molecule has 1 fully saturated rings. The molecule has 16 heavy (non-hydrogen) atoms. The minimum Gasteiger partial charge on any atom is -1.00 e. The smallest absolute Gasteiger partial charge is 1.00 e. The molecule has 6 atom stereocenters. The quantitative estimate of drug-likeness (QED) is 0.198. The van der Waals surface area contributed by atoms with Crippen molar-refractivity contribution in [2.75, 3.05) is 0 Å². The van der Waals surface area contributed by atoms with Crippen molar-refractivity contribution in [3.05, 3.63) is 0 Å². The van der Waals surface area contributed by atoms with Crippen LogP contribution in [0.4, 0.5) is 4.79 Å². The Morgan fingerprint density at radius 1 is 0.875 bits per heavy atom. The monoisotopic (exact) mass is 248 g/mol. The molecule has 0 spiro atoms. The Kier molecular flexibility index (Phi) is 6.15. The van der Waals surface area contributed by atoms with Crippen LogP contribution in [0, 0.1) is 0 Å². The minimum absolute atomic E-state index is 0. The van der Waals surface area contributed by atoms with E-state index in [1.807, 2.05) is 0 Å². The molecule has 90 valence electrons. The topological polar surface area (TPSA) is 148 Å². The van der Waals surface area contributed by atoms with Gasteiger partial charge < -0.3 is 36.8 Å². The van der Waals surface area contributed by atoms with Crippen LogP contribution in [0.1, 0.15) is 1.43 Å². The first-order valence-corrected chi connectivity index (χ1v) is 4.16. The predicted molar refractivity (Wildman–Crippen MR) is 44.0 cm³/mol. The first-order chi connectivity index (χ1) is 6.86. The van der Waals surface area contributed by atoms with Crippen molar-refractivity contribution in [2.45, 2.75) is 36.6 Å². The number of aliphatic hydroxyl groups excluding tert-OH is 5. The molecule has 1 saturated carbocycles. The van der Waals surface area contributed by atoms with Crippen molar-refractivity contribution in [2.24, 2.45) is 0 Å². The molecular weight excluding hydrogens is 235 g/mol. The van der Waals surface area contributed by atoms with Gasteiger partial charge in [0.1, 0.15) is 30.5 Å². The van der Waals surface area contributed by atoms with Crippen molar-refractivity contribution < 1.29 is 71.2 Å². The van der Waals surface area contributed by atoms with Crippen LogP contribution < -0.4 is 29.6 Å². The molecule has 0 aromatic heterocycles. The van der Waals surface area contributed by atoms with E-state index in [0.717, 1.165) is 0 Å². The molecule has 0 aliphatic heterocycles. The third-order valence-corrected chi connectivity index (χ3v) is 2.31. The SMILES string of the molecule is O=C(O)OC1[C@@H](O)[C@H](O)C(O)[C@H](O)[C@@H]1O.[H-].[Na+]. The van der Waals surface area contributed by atoms with E-state index >= 15 is 0 Å². The number of carbonyl (C=O) groups is 1. The van der Waals surface area contributed by atoms with Gasteiger partial charge in [-0.15, -0.1) is 0 Å². The molecule has 0 aromatic rings. The zero-order valence-corrected chi connectivity index (χ0v) is 10.5. The average Bonchev–Trinajstić information content (AvgIpc) is 2.18. The molecule has 2 unspecified atom stereocenters. The number of aliphatic hydroxyl groups is 5. The summed E-state index contributed by atoms with van der Waals surface area (Å²) in [6.45, 7) is 0. The van der Waals surface area contributed by atoms with Crippen LogP contribution in [0.5, 0.6) is 0 Å². The summed E-state index contributed by atoms with van der Waals surface area (Å²) in [5.74, 6) is 0. The molecular formula is C7H13NaO8. The van der Waals surface area contributed by atoms with E-state index in [4.69, 9.17) is 10.2 Å². The number of hydrogen-bond acceptors (Lipinski definition) is 7. The zero-order valence-electron chi connectivity index (χ0n) is 9.46. The van der Waals surface area contributed by atoms with Crippen LogP contribution in [-0.2, 0) is 4.74 Å². The molecule has 1 aliphatic carbocycles. The van der Waals surface area contributed by atoms with Gasteiger partial charge >= 0.3 is 35.7 Å². The molecule has 9 heteroatoms. The summed E-state index contributed by atoms with van der Waals surface area (Å²) >= 11 is 0. The van der Waals surface area contributed by atoms with Gasteiger partial charge in [-0.05, 0) is 0 Å². The van der Waals surface area contributed by atoms with Gasteiger partial charge in [0, 0.05) is 0 Å². The van der Waals surface area contributed by atoms with Crippen LogP contribution in [0.2, 0.25) is 0 Å². The van der Waals surface area contributed by atoms with E-state index in [1.54, 1.807) is 0 Å². The average molecular weight is 248 g/mol. The molecule has 1 aliphatic rings. The summed E-state index contributed by atoms with van der Waals surface area (Å²) in [5.41, 5.74) is 0. The molecule has 8 nitrogen and oxygen atoms in total. The van der Waals surface area contributed by atoms with E-state index < -0.39 is 42.8 Å². The molecule has 0 amide bonds. The van der Waals surface area contributed by atoms with Gasteiger partial charge in [0.05, 0.1) is 0 Å². The second-order valence-corrected chi connectivity index (χ2v) is 3.30. The molecule has 0 aromatic carbocycles. The second-order valence-electron chi connectivity index (χ2n) is 3.30. The molecule has 0 radical (unpaired) electrons. The fourth-order valence-corrected chi connectivity index (χ4v) is 1.45. The maximum atomic E-state index is 10.2. The zero-order chi connectivity index (χ0) is 11.7. The Morgan fingerprint density at radius 2 is 1.19 bits per heavy atom. The largest absolute Gasteiger partial charge is 1.00 e. The maximum absolute atomic E-state index is 10.2. The van der Waals surface area contributed by atoms with Crippen molar-refractivity contribution in [1.29, 1.82) is 0 Å². The van der Waals surface area contributed by atoms with Gasteiger partial charge in [-0.25, -0.2) is 4.79 Å². The number of carboxylic acid groups (broad SMARTS) is 1. The van der Waals surface area contributed by atoms with Crippen LogP contribution >= 0.6 is 0 Å². The number of ether oxygens (including phenoxy) is 1. The second kappa shape index (κ2) is 6.12. The Hall–Kier alpha value is 0.0700. The number of hydrogen-bond donors (Lipinski definition) is 6. The summed E-state index contributed by atoms with van der Waals surface area (Å²) in [4.78, 5) is 10.2. The van der Waals surface area contributed by atoms with Crippen LogP contribution in [0.25, 0.3) is 0 Å². The molecule has 6 N–H and O–H groups in total. The van der Waals surface area contributed by atoms with E-state index in [2.05, 4.69) is 4.74 Å². The molecule has 1 rings (SSSR count). The van der Waals surface area contributed by atoms with Gasteiger partial charge in [0.2, 0.25) is 0 Å². The summed E-state index contributed by atoms with van der Waals surface area (Å²) in [6, 6.07) is 0. The van der Waals surface area contributed by atoms with E-state index in [9.17, 15) is 25.2 Å². The van der Waals surface area contributed by atoms with Gasteiger partial charge in [-0.1, -0.05) is 0 Å². The normalized spacial score (nSPS) is 43.3. The summed E-state index contributed by atoms with van der Waals surface area (Å²) < 4.78 is 4.09. The van der Waals surface area contributed by atoms with E-state index in [0.29, 0.717) is 0 Å². The standard InChI is InChI=1S/C7H12O8.Na.H/c8-1-2(9)4(11)6(15-7(13)14)5(12)3(1)10;;/h1-6,8-12H,(H,13,14);;/q;+1;-1/t1?,2-,3+,4-,5-,6?;;/m0../s1. The summed E-state index contributed by atoms with van der Waals surface area (Å²) in [7, 11) is 0. The predicted octanol–water partition coefficient (Wildman–Crippen LogP) is -6.02. The first-order valence-electron chi connectivity index (χ1n) is 4.16. The van der Waals surface area contributed by atoms with Gasteiger partial charge in [0.25, 0.3) is 0 Å². The van der Waals surface area contributed by atoms with Gasteiger partial charge in [-0.2, -0.15) is 0 Å². The van der Waals surface area contributed by atoms with E-state index in [1.165, 1.54) is 0 Å². The summed E-state index contributed by atoms with van der Waals surface area (Å²) in [6.07, 6.45) is -12.4. The van der Waals surface area contributed by atoms with Crippen molar-refractivity contribution in [3.63, 3.8) is 0 Å². The van der Waals surface area contributed by atoms with E-state index in [-0.39, 0.29) is 31.0 Å². The number of rotatable bonds is 1. The Bertz CT molecular complexity index is 238. The van der Waals surface area contributed by atoms with Gasteiger partial charge in [-0.3, -0.25) is 0 Å². The van der Waals surface area contributed by atoms with Crippen LogP contribution in [0.3, 0.4) is 0 Å². The third kappa shape index (κ3) is 3.05. The molecule has 0 bridgehead atoms. The fourth-order valence-electron chi connectivity index (χ4n) is 1.45. The Balaban J connectivity index is 0. The van der Waals surface area contributed by atoms with Crippen molar-refractivity contribution in [1.82, 2.24) is 0 Å². The maximum Gasteiger partial charge on any atom is 1.00 e. The molecule has 0 saturated heterocycles. The summed E-state index contributed by atoms with van der Waals surface area (Å²) in [5, 5.41) is 54.3. The van der Waals surface area contributed by atoms with Crippen molar-refractivity contribution >= 4 is 6.16 Å². The van der Waals surface area contributed by atoms with Crippen molar-refractivity contribution in [3.8, 4) is 0 Å². The fraction of sp³-hybridized carbons (Fsp3) is 0.857.